The molecule has 1 fully saturated rings. The molecule has 35 heavy (non-hydrogen) atoms. The predicted molar refractivity (Wildman–Crippen MR) is 141 cm³/mol. The Bertz CT molecular complexity index is 1510. The van der Waals surface area contributed by atoms with Gasteiger partial charge in [-0.15, -0.1) is 0 Å². The Morgan fingerprint density at radius 3 is 2.43 bits per heavy atom. The first kappa shape index (κ1) is 23.7. The number of imidazole rings is 1. The second-order valence-electron chi connectivity index (χ2n) is 9.01. The summed E-state index contributed by atoms with van der Waals surface area (Å²) >= 11 is 18.5. The zero-order chi connectivity index (χ0) is 24.9. The van der Waals surface area contributed by atoms with Crippen molar-refractivity contribution in [2.75, 3.05) is 10.6 Å². The van der Waals surface area contributed by atoms with Gasteiger partial charge in [0.25, 0.3) is 11.8 Å². The van der Waals surface area contributed by atoms with Crippen LogP contribution in [0.5, 0.6) is 0 Å². The summed E-state index contributed by atoms with van der Waals surface area (Å²) in [6.45, 7) is 3.96. The summed E-state index contributed by atoms with van der Waals surface area (Å²) in [5, 5.41) is 6.97. The number of aromatic amines is 1. The highest BCUT2D eigenvalue weighted by atomic mass is 35.5. The molecule has 178 valence electrons. The van der Waals surface area contributed by atoms with Crippen molar-refractivity contribution in [2.24, 2.45) is 0 Å². The minimum atomic E-state index is -0.442. The van der Waals surface area contributed by atoms with Crippen LogP contribution in [0.25, 0.3) is 11.0 Å². The molecular weight excluding hydrogens is 507 g/mol. The molecule has 6 nitrogen and oxygen atoms in total. The monoisotopic (exact) mass is 526 g/mol. The van der Waals surface area contributed by atoms with E-state index >= 15 is 0 Å². The number of rotatable bonds is 5. The van der Waals surface area contributed by atoms with Crippen LogP contribution < -0.4 is 10.6 Å². The van der Waals surface area contributed by atoms with Crippen LogP contribution in [0.2, 0.25) is 15.1 Å². The summed E-state index contributed by atoms with van der Waals surface area (Å²) in [4.78, 5) is 34.5. The van der Waals surface area contributed by atoms with Gasteiger partial charge in [-0.05, 0) is 67.8 Å². The number of carbonyl (C=O) groups excluding carboxylic acids is 2. The molecule has 4 aromatic rings. The van der Waals surface area contributed by atoms with Crippen molar-refractivity contribution in [1.29, 1.82) is 0 Å². The molecule has 0 atom stereocenters. The Balaban J connectivity index is 1.55. The molecule has 1 aliphatic rings. The molecule has 0 radical (unpaired) electrons. The zero-order valence-electron chi connectivity index (χ0n) is 18.9. The Morgan fingerprint density at radius 1 is 0.943 bits per heavy atom. The fraction of sp³-hybridized carbons (Fsp3) is 0.192. The largest absolute Gasteiger partial charge is 0.341 e. The Morgan fingerprint density at radius 2 is 1.69 bits per heavy atom. The number of fused-ring (bicyclic) bond motifs is 1. The lowest BCUT2D eigenvalue weighted by atomic mass is 10.1. The maximum Gasteiger partial charge on any atom is 0.258 e. The van der Waals surface area contributed by atoms with Crippen LogP contribution in [0, 0.1) is 6.92 Å². The number of nitrogens with one attached hydrogen (secondary N) is 3. The summed E-state index contributed by atoms with van der Waals surface area (Å²) in [6, 6.07) is 13.3. The number of carbonyl (C=O) groups is 2. The first-order chi connectivity index (χ1) is 16.6. The number of H-pyrrole nitrogens is 1. The maximum atomic E-state index is 13.4. The van der Waals surface area contributed by atoms with Gasteiger partial charge in [0.05, 0.1) is 21.7 Å². The minimum Gasteiger partial charge on any atom is -0.341 e. The minimum absolute atomic E-state index is 0.0337. The Hall–Kier alpha value is -3.06. The lowest BCUT2D eigenvalue weighted by Gasteiger charge is -2.12. The van der Waals surface area contributed by atoms with Crippen LogP contribution in [0.4, 0.5) is 11.4 Å². The third kappa shape index (κ3) is 4.61. The first-order valence-corrected chi connectivity index (χ1v) is 12.2. The van der Waals surface area contributed by atoms with Crippen molar-refractivity contribution in [2.45, 2.75) is 32.1 Å². The number of amides is 2. The van der Waals surface area contributed by atoms with E-state index in [1.165, 1.54) is 6.07 Å². The van der Waals surface area contributed by atoms with Crippen LogP contribution >= 0.6 is 34.8 Å². The fourth-order valence-corrected chi connectivity index (χ4v) is 4.43. The van der Waals surface area contributed by atoms with Gasteiger partial charge in [-0.25, -0.2) is 4.98 Å². The molecule has 1 saturated carbocycles. The highest BCUT2D eigenvalue weighted by molar-refractivity contribution is 6.36. The number of benzene rings is 3. The molecule has 2 amide bonds. The van der Waals surface area contributed by atoms with E-state index in [9.17, 15) is 9.59 Å². The Kier molecular flexibility index (Phi) is 5.99. The van der Waals surface area contributed by atoms with Gasteiger partial charge in [-0.2, -0.15) is 0 Å². The average Bonchev–Trinajstić information content (AvgIpc) is 3.42. The second kappa shape index (κ2) is 8.86. The highest BCUT2D eigenvalue weighted by Gasteiger charge is 2.42. The van der Waals surface area contributed by atoms with Gasteiger partial charge in [0.15, 0.2) is 0 Å². The van der Waals surface area contributed by atoms with Crippen LogP contribution in [0.15, 0.2) is 48.5 Å². The number of aromatic nitrogens is 2. The van der Waals surface area contributed by atoms with E-state index in [1.807, 2.05) is 6.92 Å². The fourth-order valence-electron chi connectivity index (χ4n) is 3.88. The van der Waals surface area contributed by atoms with Crippen molar-refractivity contribution >= 4 is 69.0 Å². The molecule has 5 rings (SSSR count). The third-order valence-corrected chi connectivity index (χ3v) is 7.32. The summed E-state index contributed by atoms with van der Waals surface area (Å²) in [7, 11) is 0. The number of halogens is 3. The van der Waals surface area contributed by atoms with E-state index in [4.69, 9.17) is 39.8 Å². The third-order valence-electron chi connectivity index (χ3n) is 6.35. The standard InChI is InChI=1S/C26H21Cl3N4O2/c1-13-18(28)4-3-5-20(13)31-24(35)17-11-15(30-23(34)16-10-14(27)6-7-19(16)29)12-21-22(17)33-25(32-21)26(2)8-9-26/h3-7,10-12H,8-9H2,1-2H3,(H,30,34)(H,31,35)(H,32,33). The molecule has 0 bridgehead atoms. The summed E-state index contributed by atoms with van der Waals surface area (Å²) in [6.07, 6.45) is 2.04. The Labute approximate surface area is 217 Å². The zero-order valence-corrected chi connectivity index (χ0v) is 21.2. The molecule has 0 spiro atoms. The van der Waals surface area contributed by atoms with E-state index in [0.717, 1.165) is 24.2 Å². The maximum absolute atomic E-state index is 13.4. The van der Waals surface area contributed by atoms with Gasteiger partial charge in [0.1, 0.15) is 11.3 Å². The van der Waals surface area contributed by atoms with Crippen molar-refractivity contribution in [3.8, 4) is 0 Å². The van der Waals surface area contributed by atoms with Gasteiger partial charge in [-0.1, -0.05) is 47.8 Å². The summed E-state index contributed by atoms with van der Waals surface area (Å²) in [5.41, 5.74) is 3.47. The van der Waals surface area contributed by atoms with Gasteiger partial charge in [0, 0.05) is 26.8 Å². The van der Waals surface area contributed by atoms with E-state index in [2.05, 4.69) is 22.5 Å². The lowest BCUT2D eigenvalue weighted by molar-refractivity contribution is 0.101. The first-order valence-electron chi connectivity index (χ1n) is 11.0. The van der Waals surface area contributed by atoms with Gasteiger partial charge >= 0.3 is 0 Å². The van der Waals surface area contributed by atoms with Crippen molar-refractivity contribution in [3.05, 3.63) is 86.1 Å². The van der Waals surface area contributed by atoms with Crippen molar-refractivity contribution in [1.82, 2.24) is 9.97 Å². The topological polar surface area (TPSA) is 86.9 Å². The SMILES string of the molecule is Cc1c(Cl)cccc1NC(=O)c1cc(NC(=O)c2cc(Cl)ccc2Cl)cc2[nH]c(C3(C)CC3)nc12. The van der Waals surface area contributed by atoms with E-state index in [-0.39, 0.29) is 21.9 Å². The van der Waals surface area contributed by atoms with Crippen LogP contribution in [0.1, 0.15) is 51.9 Å². The molecule has 0 unspecified atom stereocenters. The lowest BCUT2D eigenvalue weighted by Crippen LogP contribution is -2.16. The molecule has 1 heterocycles. The number of hydrogen-bond donors (Lipinski definition) is 3. The predicted octanol–water partition coefficient (Wildman–Crippen LogP) is 7.39. The number of nitrogens with zero attached hydrogens (tertiary/aromatic N) is 1. The molecule has 3 aromatic carbocycles. The smallest absolute Gasteiger partial charge is 0.258 e. The molecular formula is C26H21Cl3N4O2. The van der Waals surface area contributed by atoms with Crippen molar-refractivity contribution in [3.63, 3.8) is 0 Å². The van der Waals surface area contributed by atoms with Gasteiger partial charge in [-0.3, -0.25) is 9.59 Å². The quantitative estimate of drug-likeness (QED) is 0.253. The van der Waals surface area contributed by atoms with Crippen molar-refractivity contribution < 1.29 is 9.59 Å². The number of hydrogen-bond acceptors (Lipinski definition) is 3. The van der Waals surface area contributed by atoms with Crippen LogP contribution in [-0.4, -0.2) is 21.8 Å². The van der Waals surface area contributed by atoms with Crippen LogP contribution in [0.3, 0.4) is 0 Å². The highest BCUT2D eigenvalue weighted by Crippen LogP contribution is 2.47. The van der Waals surface area contributed by atoms with Crippen LogP contribution in [-0.2, 0) is 5.41 Å². The van der Waals surface area contributed by atoms with Gasteiger partial charge < -0.3 is 15.6 Å². The average molecular weight is 528 g/mol. The summed E-state index contributed by atoms with van der Waals surface area (Å²) in [5.74, 6) is 0.0147. The van der Waals surface area contributed by atoms with E-state index in [1.54, 1.807) is 42.5 Å². The molecule has 3 N–H and O–H groups in total. The normalized spacial score (nSPS) is 14.1. The van der Waals surface area contributed by atoms with Gasteiger partial charge in [0.2, 0.25) is 0 Å². The second-order valence-corrected chi connectivity index (χ2v) is 10.3. The van der Waals surface area contributed by atoms with E-state index < -0.39 is 5.91 Å². The molecule has 0 saturated heterocycles. The number of anilines is 2. The molecule has 1 aliphatic carbocycles. The molecule has 1 aromatic heterocycles. The molecule has 9 heteroatoms. The molecule has 0 aliphatic heterocycles. The summed E-state index contributed by atoms with van der Waals surface area (Å²) < 4.78 is 0. The van der Waals surface area contributed by atoms with E-state index in [0.29, 0.717) is 38.0 Å².